The molecule has 0 bridgehead atoms. The van der Waals surface area contributed by atoms with Gasteiger partial charge in [0.2, 0.25) is 0 Å². The van der Waals surface area contributed by atoms with Crippen molar-refractivity contribution in [1.82, 2.24) is 4.98 Å². The zero-order valence-electron chi connectivity index (χ0n) is 19.3. The fourth-order valence-corrected chi connectivity index (χ4v) is 7.15. The molecule has 0 saturated heterocycles. The predicted molar refractivity (Wildman–Crippen MR) is 141 cm³/mol. The van der Waals surface area contributed by atoms with Crippen molar-refractivity contribution >= 4 is 17.2 Å². The second-order valence-electron chi connectivity index (χ2n) is 10.3. The van der Waals surface area contributed by atoms with Crippen molar-refractivity contribution in [2.45, 2.75) is 25.7 Å². The maximum absolute atomic E-state index is 4.88. The van der Waals surface area contributed by atoms with Gasteiger partial charge in [-0.3, -0.25) is 4.90 Å². The Morgan fingerprint density at radius 3 is 2.20 bits per heavy atom. The molecule has 0 N–H and O–H groups in total. The van der Waals surface area contributed by atoms with Gasteiger partial charge in [0.1, 0.15) is 5.82 Å². The lowest BCUT2D eigenvalue weighted by Crippen LogP contribution is -2.26. The summed E-state index contributed by atoms with van der Waals surface area (Å²) in [5.74, 6) is 1.10. The third kappa shape index (κ3) is 2.23. The van der Waals surface area contributed by atoms with E-state index in [1.165, 1.54) is 78.1 Å². The summed E-state index contributed by atoms with van der Waals surface area (Å²) < 4.78 is 0. The summed E-state index contributed by atoms with van der Waals surface area (Å²) in [6.07, 6.45) is 5.94. The van der Waals surface area contributed by atoms with Crippen molar-refractivity contribution in [2.24, 2.45) is 0 Å². The van der Waals surface area contributed by atoms with E-state index in [4.69, 9.17) is 4.98 Å². The molecular formula is C33H22N2. The maximum Gasteiger partial charge on any atom is 0.141 e. The number of anilines is 3. The third-order valence-electron chi connectivity index (χ3n) is 8.56. The number of benzene rings is 4. The van der Waals surface area contributed by atoms with Gasteiger partial charge in [0.25, 0.3) is 0 Å². The molecule has 3 heterocycles. The summed E-state index contributed by atoms with van der Waals surface area (Å²) >= 11 is 0. The largest absolute Gasteiger partial charge is 0.294 e. The zero-order chi connectivity index (χ0) is 22.7. The number of fused-ring (bicyclic) bond motifs is 12. The lowest BCUT2D eigenvalue weighted by Gasteiger charge is -2.39. The highest BCUT2D eigenvalue weighted by atomic mass is 15.2. The summed E-state index contributed by atoms with van der Waals surface area (Å²) in [6, 6.07) is 29.5. The molecular weight excluding hydrogens is 424 g/mol. The fraction of sp³-hybridized carbons (Fsp3) is 0.121. The van der Waals surface area contributed by atoms with Crippen LogP contribution in [0.4, 0.5) is 17.2 Å². The molecule has 4 aliphatic rings. The maximum atomic E-state index is 4.88. The summed E-state index contributed by atoms with van der Waals surface area (Å²) in [4.78, 5) is 7.33. The van der Waals surface area contributed by atoms with Crippen LogP contribution in [-0.2, 0) is 25.7 Å². The molecule has 2 aliphatic heterocycles. The van der Waals surface area contributed by atoms with Crippen LogP contribution >= 0.6 is 0 Å². The number of pyridine rings is 1. The highest BCUT2D eigenvalue weighted by Gasteiger charge is 2.37. The fourth-order valence-electron chi connectivity index (χ4n) is 7.15. The van der Waals surface area contributed by atoms with Crippen LogP contribution in [0.2, 0.25) is 0 Å². The minimum absolute atomic E-state index is 0.943. The van der Waals surface area contributed by atoms with Gasteiger partial charge >= 0.3 is 0 Å². The van der Waals surface area contributed by atoms with E-state index in [1.807, 2.05) is 6.20 Å². The first-order valence-electron chi connectivity index (χ1n) is 12.6. The topological polar surface area (TPSA) is 16.1 Å². The molecule has 0 spiro atoms. The quantitative estimate of drug-likeness (QED) is 0.240. The number of rotatable bonds is 0. The highest BCUT2D eigenvalue weighted by Crippen LogP contribution is 2.56. The minimum atomic E-state index is 0.943. The molecule has 2 heteroatoms. The van der Waals surface area contributed by atoms with Crippen molar-refractivity contribution in [3.8, 4) is 22.3 Å². The Morgan fingerprint density at radius 2 is 1.26 bits per heavy atom. The molecule has 1 aromatic heterocycles. The van der Waals surface area contributed by atoms with Gasteiger partial charge < -0.3 is 0 Å². The summed E-state index contributed by atoms with van der Waals surface area (Å²) in [6.45, 7) is 0. The molecule has 164 valence electrons. The molecule has 5 aromatic rings. The van der Waals surface area contributed by atoms with Gasteiger partial charge in [-0.05, 0) is 97.8 Å². The molecule has 0 atom stereocenters. The SMILES string of the molecule is c1ccc2c(c1)Cc1ccc3c(c1-2)-c1cc2c4c(c1C3)Cc1ccccc1N4c1ncccc1C2. The van der Waals surface area contributed by atoms with Crippen molar-refractivity contribution in [3.05, 3.63) is 130 Å². The van der Waals surface area contributed by atoms with Crippen molar-refractivity contribution in [3.63, 3.8) is 0 Å². The van der Waals surface area contributed by atoms with E-state index in [0.717, 1.165) is 31.5 Å². The van der Waals surface area contributed by atoms with E-state index in [-0.39, 0.29) is 0 Å². The van der Waals surface area contributed by atoms with Crippen molar-refractivity contribution in [1.29, 1.82) is 0 Å². The van der Waals surface area contributed by atoms with E-state index in [2.05, 4.69) is 83.8 Å². The third-order valence-corrected chi connectivity index (χ3v) is 8.56. The normalized spacial score (nSPS) is 14.9. The Bertz CT molecular complexity index is 1750. The van der Waals surface area contributed by atoms with E-state index in [9.17, 15) is 0 Å². The number of hydrogen-bond donors (Lipinski definition) is 0. The molecule has 0 unspecified atom stereocenters. The van der Waals surface area contributed by atoms with Gasteiger partial charge in [0.15, 0.2) is 0 Å². The first-order valence-corrected chi connectivity index (χ1v) is 12.6. The monoisotopic (exact) mass is 446 g/mol. The molecule has 0 amide bonds. The molecule has 35 heavy (non-hydrogen) atoms. The Kier molecular flexibility index (Phi) is 3.27. The zero-order valence-corrected chi connectivity index (χ0v) is 19.3. The van der Waals surface area contributed by atoms with Crippen LogP contribution < -0.4 is 4.90 Å². The highest BCUT2D eigenvalue weighted by molar-refractivity contribution is 5.99. The van der Waals surface area contributed by atoms with E-state index < -0.39 is 0 Å². The molecule has 2 aliphatic carbocycles. The second kappa shape index (κ2) is 6.28. The Labute approximate surface area is 204 Å². The average Bonchev–Trinajstić information content (AvgIpc) is 3.46. The number of hydrogen-bond acceptors (Lipinski definition) is 2. The molecule has 2 nitrogen and oxygen atoms in total. The first kappa shape index (κ1) is 18.2. The van der Waals surface area contributed by atoms with E-state index >= 15 is 0 Å². The summed E-state index contributed by atoms with van der Waals surface area (Å²) in [7, 11) is 0. The van der Waals surface area contributed by atoms with Crippen molar-refractivity contribution in [2.75, 3.05) is 4.90 Å². The Balaban J connectivity index is 1.35. The van der Waals surface area contributed by atoms with E-state index in [1.54, 1.807) is 0 Å². The Hall–Kier alpha value is -4.17. The van der Waals surface area contributed by atoms with Crippen LogP contribution in [0, 0.1) is 0 Å². The number of nitrogens with zero attached hydrogens (tertiary/aromatic N) is 2. The lowest BCUT2D eigenvalue weighted by molar-refractivity contribution is 0.969. The lowest BCUT2D eigenvalue weighted by atomic mass is 9.82. The van der Waals surface area contributed by atoms with Gasteiger partial charge in [-0.1, -0.05) is 60.7 Å². The molecule has 0 fully saturated rings. The van der Waals surface area contributed by atoms with Crippen LogP contribution in [0.1, 0.15) is 44.5 Å². The van der Waals surface area contributed by atoms with Gasteiger partial charge in [-0.2, -0.15) is 0 Å². The van der Waals surface area contributed by atoms with Crippen LogP contribution in [-0.4, -0.2) is 4.98 Å². The van der Waals surface area contributed by atoms with Gasteiger partial charge in [0, 0.05) is 19.0 Å². The van der Waals surface area contributed by atoms with Gasteiger partial charge in [-0.25, -0.2) is 4.98 Å². The number of para-hydroxylation sites is 1. The van der Waals surface area contributed by atoms with Crippen LogP contribution in [0.15, 0.2) is 85.1 Å². The molecule has 0 radical (unpaired) electrons. The Morgan fingerprint density at radius 1 is 0.543 bits per heavy atom. The summed E-state index contributed by atoms with van der Waals surface area (Å²) in [5, 5.41) is 0. The summed E-state index contributed by atoms with van der Waals surface area (Å²) in [5.41, 5.74) is 20.1. The van der Waals surface area contributed by atoms with Crippen LogP contribution in [0.3, 0.4) is 0 Å². The standard InChI is InChI=1S/C33H22N2/c1-3-9-25-19(6-1)14-21-11-12-22-17-26-27(31(22)30(21)25)18-24-15-23-8-5-13-34-33(23)35-29-10-4-2-7-20(29)16-28(26)32(24)35/h1-13,18H,14-17H2. The van der Waals surface area contributed by atoms with E-state index in [0.29, 0.717) is 0 Å². The smallest absolute Gasteiger partial charge is 0.141 e. The number of aromatic nitrogens is 1. The second-order valence-corrected chi connectivity index (χ2v) is 10.3. The average molecular weight is 447 g/mol. The predicted octanol–water partition coefficient (Wildman–Crippen LogP) is 7.50. The molecule has 9 rings (SSSR count). The minimum Gasteiger partial charge on any atom is -0.294 e. The van der Waals surface area contributed by atoms with Crippen molar-refractivity contribution < 1.29 is 0 Å². The van der Waals surface area contributed by atoms with Crippen LogP contribution in [0.5, 0.6) is 0 Å². The molecule has 0 saturated carbocycles. The first-order chi connectivity index (χ1) is 17.3. The molecule has 4 aromatic carbocycles. The van der Waals surface area contributed by atoms with Crippen LogP contribution in [0.25, 0.3) is 22.3 Å². The van der Waals surface area contributed by atoms with Gasteiger partial charge in [0.05, 0.1) is 11.4 Å². The van der Waals surface area contributed by atoms with Gasteiger partial charge in [-0.15, -0.1) is 0 Å².